The van der Waals surface area contributed by atoms with Crippen LogP contribution in [0.2, 0.25) is 10.0 Å². The molecule has 3 aromatic rings. The van der Waals surface area contributed by atoms with Crippen LogP contribution in [-0.4, -0.2) is 13.4 Å². The molecule has 2 aromatic carbocycles. The lowest BCUT2D eigenvalue weighted by Gasteiger charge is -2.13. The molecular weight excluding hydrogens is 355 g/mol. The van der Waals surface area contributed by atoms with Gasteiger partial charge in [-0.15, -0.1) is 0 Å². The Morgan fingerprint density at radius 1 is 1.09 bits per heavy atom. The molecule has 1 heterocycles. The van der Waals surface area contributed by atoms with E-state index in [1.165, 1.54) is 18.2 Å². The average molecular weight is 369 g/mol. The SMILES string of the molecule is CCc1cc2[nH]ccc2cc1NS(=O)(=O)c1cc(Cl)cc(Cl)c1. The van der Waals surface area contributed by atoms with Crippen molar-refractivity contribution in [2.45, 2.75) is 18.2 Å². The van der Waals surface area contributed by atoms with Crippen LogP contribution in [0.15, 0.2) is 47.5 Å². The van der Waals surface area contributed by atoms with Gasteiger partial charge in [-0.05, 0) is 48.4 Å². The third kappa shape index (κ3) is 3.32. The number of nitrogens with one attached hydrogen (secondary N) is 2. The summed E-state index contributed by atoms with van der Waals surface area (Å²) < 4.78 is 27.9. The number of sulfonamides is 1. The molecule has 0 unspecified atom stereocenters. The first kappa shape index (κ1) is 16.2. The second kappa shape index (κ2) is 6.07. The van der Waals surface area contributed by atoms with Crippen LogP contribution in [-0.2, 0) is 16.4 Å². The second-order valence-electron chi connectivity index (χ2n) is 5.14. The molecule has 0 saturated heterocycles. The first-order valence-corrected chi connectivity index (χ1v) is 9.22. The summed E-state index contributed by atoms with van der Waals surface area (Å²) in [6.07, 6.45) is 2.52. The number of benzene rings is 2. The molecule has 1 aromatic heterocycles. The minimum absolute atomic E-state index is 0.0335. The van der Waals surface area contributed by atoms with Gasteiger partial charge in [0.25, 0.3) is 10.0 Å². The Balaban J connectivity index is 2.06. The van der Waals surface area contributed by atoms with Gasteiger partial charge in [0.05, 0.1) is 10.6 Å². The van der Waals surface area contributed by atoms with Gasteiger partial charge in [0.2, 0.25) is 0 Å². The molecule has 0 radical (unpaired) electrons. The molecular formula is C16H14Cl2N2O2S. The lowest BCUT2D eigenvalue weighted by Crippen LogP contribution is -2.14. The molecule has 2 N–H and O–H groups in total. The van der Waals surface area contributed by atoms with E-state index in [2.05, 4.69) is 9.71 Å². The molecule has 120 valence electrons. The van der Waals surface area contributed by atoms with Crippen molar-refractivity contribution in [3.05, 3.63) is 58.2 Å². The molecule has 0 bridgehead atoms. The Morgan fingerprint density at radius 2 is 1.78 bits per heavy atom. The van der Waals surface area contributed by atoms with Gasteiger partial charge < -0.3 is 4.98 Å². The van der Waals surface area contributed by atoms with E-state index < -0.39 is 10.0 Å². The molecule has 23 heavy (non-hydrogen) atoms. The number of rotatable bonds is 4. The molecule has 0 saturated carbocycles. The summed E-state index contributed by atoms with van der Waals surface area (Å²) in [5.74, 6) is 0. The van der Waals surface area contributed by atoms with Crippen LogP contribution >= 0.6 is 23.2 Å². The van der Waals surface area contributed by atoms with E-state index in [0.717, 1.165) is 16.5 Å². The van der Waals surface area contributed by atoms with Crippen molar-refractivity contribution >= 4 is 49.8 Å². The van der Waals surface area contributed by atoms with Gasteiger partial charge >= 0.3 is 0 Å². The quantitative estimate of drug-likeness (QED) is 0.691. The van der Waals surface area contributed by atoms with Crippen LogP contribution < -0.4 is 4.72 Å². The number of aromatic amines is 1. The third-order valence-corrected chi connectivity index (χ3v) is 5.33. The van der Waals surface area contributed by atoms with Crippen molar-refractivity contribution in [2.24, 2.45) is 0 Å². The van der Waals surface area contributed by atoms with E-state index in [9.17, 15) is 8.42 Å². The molecule has 0 fully saturated rings. The van der Waals surface area contributed by atoms with Crippen molar-refractivity contribution in [1.29, 1.82) is 0 Å². The van der Waals surface area contributed by atoms with Gasteiger partial charge in [-0.2, -0.15) is 0 Å². The van der Waals surface area contributed by atoms with E-state index in [4.69, 9.17) is 23.2 Å². The Kier molecular flexibility index (Phi) is 4.27. The highest BCUT2D eigenvalue weighted by atomic mass is 35.5. The van der Waals surface area contributed by atoms with Crippen LogP contribution in [0.3, 0.4) is 0 Å². The fourth-order valence-electron chi connectivity index (χ4n) is 2.42. The Morgan fingerprint density at radius 3 is 2.43 bits per heavy atom. The molecule has 7 heteroatoms. The highest BCUT2D eigenvalue weighted by Gasteiger charge is 2.18. The van der Waals surface area contributed by atoms with Gasteiger partial charge in [0.1, 0.15) is 0 Å². The lowest BCUT2D eigenvalue weighted by atomic mass is 10.1. The molecule has 0 aliphatic heterocycles. The molecule has 0 aliphatic rings. The number of aryl methyl sites for hydroxylation is 1. The minimum atomic E-state index is -3.77. The van der Waals surface area contributed by atoms with Crippen LogP contribution in [0.25, 0.3) is 10.9 Å². The number of hydrogen-bond acceptors (Lipinski definition) is 2. The van der Waals surface area contributed by atoms with Gasteiger partial charge in [-0.3, -0.25) is 4.72 Å². The predicted molar refractivity (Wildman–Crippen MR) is 94.9 cm³/mol. The van der Waals surface area contributed by atoms with E-state index >= 15 is 0 Å². The van der Waals surface area contributed by atoms with Crippen LogP contribution in [0.1, 0.15) is 12.5 Å². The Hall–Kier alpha value is -1.69. The second-order valence-corrected chi connectivity index (χ2v) is 7.69. The van der Waals surface area contributed by atoms with Crippen molar-refractivity contribution in [3.63, 3.8) is 0 Å². The number of aromatic nitrogens is 1. The maximum atomic E-state index is 12.6. The normalized spacial score (nSPS) is 11.8. The van der Waals surface area contributed by atoms with Gasteiger partial charge in [0, 0.05) is 27.1 Å². The maximum Gasteiger partial charge on any atom is 0.262 e. The fourth-order valence-corrected chi connectivity index (χ4v) is 4.24. The summed E-state index contributed by atoms with van der Waals surface area (Å²) in [6, 6.07) is 9.88. The number of hydrogen-bond donors (Lipinski definition) is 2. The number of anilines is 1. The van der Waals surface area contributed by atoms with E-state index in [1.807, 2.05) is 31.3 Å². The average Bonchev–Trinajstić information content (AvgIpc) is 2.92. The van der Waals surface area contributed by atoms with E-state index in [1.54, 1.807) is 0 Å². The summed E-state index contributed by atoms with van der Waals surface area (Å²) >= 11 is 11.8. The molecule has 0 spiro atoms. The largest absolute Gasteiger partial charge is 0.361 e. The molecule has 0 aliphatic carbocycles. The first-order chi connectivity index (χ1) is 10.9. The minimum Gasteiger partial charge on any atom is -0.361 e. The summed E-state index contributed by atoms with van der Waals surface area (Å²) in [5.41, 5.74) is 2.42. The van der Waals surface area contributed by atoms with Crippen molar-refractivity contribution in [2.75, 3.05) is 4.72 Å². The fraction of sp³-hybridized carbons (Fsp3) is 0.125. The van der Waals surface area contributed by atoms with Gasteiger partial charge in [0.15, 0.2) is 0 Å². The van der Waals surface area contributed by atoms with Gasteiger partial charge in [-0.25, -0.2) is 8.42 Å². The number of fused-ring (bicyclic) bond motifs is 1. The van der Waals surface area contributed by atoms with E-state index in [-0.39, 0.29) is 14.9 Å². The Bertz CT molecular complexity index is 961. The zero-order valence-electron chi connectivity index (χ0n) is 12.2. The van der Waals surface area contributed by atoms with E-state index in [0.29, 0.717) is 12.1 Å². The van der Waals surface area contributed by atoms with Crippen LogP contribution in [0.5, 0.6) is 0 Å². The smallest absolute Gasteiger partial charge is 0.262 e. The molecule has 4 nitrogen and oxygen atoms in total. The topological polar surface area (TPSA) is 62.0 Å². The highest BCUT2D eigenvalue weighted by Crippen LogP contribution is 2.28. The third-order valence-electron chi connectivity index (χ3n) is 3.55. The first-order valence-electron chi connectivity index (χ1n) is 6.98. The number of halogens is 2. The summed E-state index contributed by atoms with van der Waals surface area (Å²) in [6.45, 7) is 1.97. The summed E-state index contributed by atoms with van der Waals surface area (Å²) in [5, 5.41) is 1.48. The lowest BCUT2D eigenvalue weighted by molar-refractivity contribution is 0.601. The Labute approximate surface area is 144 Å². The summed E-state index contributed by atoms with van der Waals surface area (Å²) in [4.78, 5) is 3.15. The zero-order valence-corrected chi connectivity index (χ0v) is 14.6. The maximum absolute atomic E-state index is 12.6. The monoisotopic (exact) mass is 368 g/mol. The van der Waals surface area contributed by atoms with Crippen molar-refractivity contribution in [3.8, 4) is 0 Å². The van der Waals surface area contributed by atoms with Crippen molar-refractivity contribution in [1.82, 2.24) is 4.98 Å². The number of H-pyrrole nitrogens is 1. The molecule has 0 amide bonds. The van der Waals surface area contributed by atoms with Crippen LogP contribution in [0.4, 0.5) is 5.69 Å². The standard InChI is InChI=1S/C16H14Cl2N2O2S/c1-2-10-5-15-11(3-4-19-15)6-16(10)20-23(21,22)14-8-12(17)7-13(18)9-14/h3-9,19-20H,2H2,1H3. The molecule has 0 atom stereocenters. The highest BCUT2D eigenvalue weighted by molar-refractivity contribution is 7.92. The van der Waals surface area contributed by atoms with Crippen LogP contribution in [0, 0.1) is 0 Å². The van der Waals surface area contributed by atoms with Gasteiger partial charge in [-0.1, -0.05) is 30.1 Å². The zero-order chi connectivity index (χ0) is 16.6. The van der Waals surface area contributed by atoms with Crippen molar-refractivity contribution < 1.29 is 8.42 Å². The predicted octanol–water partition coefficient (Wildman–Crippen LogP) is 4.84. The molecule has 3 rings (SSSR count). The summed E-state index contributed by atoms with van der Waals surface area (Å²) in [7, 11) is -3.77.